The third-order valence-corrected chi connectivity index (χ3v) is 8.33. The Hall–Kier alpha value is -2.23. The van der Waals surface area contributed by atoms with Gasteiger partial charge in [0.1, 0.15) is 0 Å². The number of piperidine rings is 1. The van der Waals surface area contributed by atoms with E-state index < -0.39 is 25.8 Å². The molecule has 2 unspecified atom stereocenters. The zero-order chi connectivity index (χ0) is 22.8. The Morgan fingerprint density at radius 3 is 2.16 bits per heavy atom. The summed E-state index contributed by atoms with van der Waals surface area (Å²) in [5, 5.41) is 2.75. The third-order valence-electron chi connectivity index (χ3n) is 5.37. The zero-order valence-electron chi connectivity index (χ0n) is 17.9. The van der Waals surface area contributed by atoms with Crippen LogP contribution in [0.4, 0.5) is 0 Å². The average Bonchev–Trinajstić information content (AvgIpc) is 2.71. The second kappa shape index (κ2) is 9.10. The van der Waals surface area contributed by atoms with Crippen molar-refractivity contribution in [3.05, 3.63) is 59.7 Å². The van der Waals surface area contributed by atoms with Gasteiger partial charge in [0.15, 0.2) is 9.84 Å². The summed E-state index contributed by atoms with van der Waals surface area (Å²) in [5.74, 6) is 0.183. The van der Waals surface area contributed by atoms with Crippen LogP contribution in [0.5, 0.6) is 0 Å². The maximum Gasteiger partial charge on any atom is 0.251 e. The summed E-state index contributed by atoms with van der Waals surface area (Å²) >= 11 is 0. The summed E-state index contributed by atoms with van der Waals surface area (Å²) < 4.78 is 50.8. The van der Waals surface area contributed by atoms with Gasteiger partial charge in [-0.3, -0.25) is 4.79 Å². The van der Waals surface area contributed by atoms with Crippen LogP contribution in [0.15, 0.2) is 58.3 Å². The molecule has 9 heteroatoms. The van der Waals surface area contributed by atoms with Crippen molar-refractivity contribution in [3.63, 3.8) is 0 Å². The van der Waals surface area contributed by atoms with E-state index in [2.05, 4.69) is 5.32 Å². The smallest absolute Gasteiger partial charge is 0.251 e. The molecule has 0 saturated carbocycles. The van der Waals surface area contributed by atoms with Gasteiger partial charge in [-0.2, -0.15) is 4.31 Å². The van der Waals surface area contributed by atoms with Crippen LogP contribution in [-0.4, -0.2) is 46.4 Å². The summed E-state index contributed by atoms with van der Waals surface area (Å²) in [5.41, 5.74) is 0.993. The number of carbonyl (C=O) groups excluding carboxylic acids is 1. The minimum absolute atomic E-state index is 0.110. The first-order valence-electron chi connectivity index (χ1n) is 10.1. The van der Waals surface area contributed by atoms with Crippen molar-refractivity contribution < 1.29 is 21.6 Å². The summed E-state index contributed by atoms with van der Waals surface area (Å²) in [7, 11) is -6.95. The van der Waals surface area contributed by atoms with Crippen molar-refractivity contribution in [2.24, 2.45) is 11.8 Å². The van der Waals surface area contributed by atoms with Gasteiger partial charge < -0.3 is 5.32 Å². The molecule has 31 heavy (non-hydrogen) atoms. The molecule has 2 aromatic carbocycles. The number of rotatable bonds is 6. The van der Waals surface area contributed by atoms with E-state index in [9.17, 15) is 21.6 Å². The van der Waals surface area contributed by atoms with Crippen LogP contribution in [0.25, 0.3) is 0 Å². The topological polar surface area (TPSA) is 101 Å². The maximum absolute atomic E-state index is 13.1. The number of sulfonamides is 1. The lowest BCUT2D eigenvalue weighted by molar-refractivity contribution is 0.0950. The number of sulfone groups is 1. The Kier molecular flexibility index (Phi) is 6.88. The van der Waals surface area contributed by atoms with Gasteiger partial charge in [0, 0.05) is 31.5 Å². The number of nitrogens with one attached hydrogen (secondary N) is 1. The fourth-order valence-corrected chi connectivity index (χ4v) is 6.24. The van der Waals surface area contributed by atoms with Gasteiger partial charge in [-0.05, 0) is 54.2 Å². The number of hydrogen-bond donors (Lipinski definition) is 1. The highest BCUT2D eigenvalue weighted by atomic mass is 32.2. The van der Waals surface area contributed by atoms with Crippen LogP contribution in [0.1, 0.15) is 36.2 Å². The van der Waals surface area contributed by atoms with Crippen LogP contribution in [-0.2, 0) is 26.4 Å². The first-order valence-corrected chi connectivity index (χ1v) is 13.5. The Labute approximate surface area is 184 Å². The lowest BCUT2D eigenvalue weighted by atomic mass is 9.94. The van der Waals surface area contributed by atoms with E-state index in [4.69, 9.17) is 0 Å². The molecule has 1 aliphatic heterocycles. The predicted molar refractivity (Wildman–Crippen MR) is 119 cm³/mol. The van der Waals surface area contributed by atoms with E-state index in [1.54, 1.807) is 24.3 Å². The molecule has 7 nitrogen and oxygen atoms in total. The van der Waals surface area contributed by atoms with E-state index in [-0.39, 0.29) is 21.9 Å². The first kappa shape index (κ1) is 23.4. The van der Waals surface area contributed by atoms with Crippen LogP contribution < -0.4 is 5.32 Å². The number of nitrogens with zero attached hydrogens (tertiary/aromatic N) is 1. The van der Waals surface area contributed by atoms with E-state index in [0.29, 0.717) is 24.9 Å². The van der Waals surface area contributed by atoms with Crippen molar-refractivity contribution >= 4 is 25.8 Å². The van der Waals surface area contributed by atoms with Crippen LogP contribution in [0.3, 0.4) is 0 Å². The third kappa shape index (κ3) is 5.72. The standard InChI is InChI=1S/C22H28N2O5S2/c1-16-11-17(2)15-24(14-16)31(28,29)21-6-4-5-19(12-21)22(25)23-13-18-7-9-20(10-8-18)30(3,26)27/h4-10,12,16-17H,11,13-15H2,1-3H3,(H,23,25). The second-order valence-corrected chi connectivity index (χ2v) is 12.3. The van der Waals surface area contributed by atoms with E-state index in [0.717, 1.165) is 18.2 Å². The molecule has 168 valence electrons. The van der Waals surface area contributed by atoms with Crippen molar-refractivity contribution in [3.8, 4) is 0 Å². The van der Waals surface area contributed by atoms with Gasteiger partial charge in [-0.25, -0.2) is 16.8 Å². The van der Waals surface area contributed by atoms with Crippen molar-refractivity contribution in [1.82, 2.24) is 9.62 Å². The van der Waals surface area contributed by atoms with Crippen molar-refractivity contribution in [2.75, 3.05) is 19.3 Å². The van der Waals surface area contributed by atoms with E-state index in [1.165, 1.54) is 28.6 Å². The Bertz CT molecular complexity index is 1150. The Morgan fingerprint density at radius 2 is 1.58 bits per heavy atom. The van der Waals surface area contributed by atoms with E-state index in [1.807, 2.05) is 13.8 Å². The number of benzene rings is 2. The fraction of sp³-hybridized carbons (Fsp3) is 0.409. The van der Waals surface area contributed by atoms with Gasteiger partial charge >= 0.3 is 0 Å². The minimum Gasteiger partial charge on any atom is -0.348 e. The summed E-state index contributed by atoms with van der Waals surface area (Å²) in [4.78, 5) is 12.9. The lowest BCUT2D eigenvalue weighted by Crippen LogP contribution is -2.42. The van der Waals surface area contributed by atoms with Crippen molar-refractivity contribution in [1.29, 1.82) is 0 Å². The normalized spacial score (nSPS) is 20.4. The molecule has 0 radical (unpaired) electrons. The number of amides is 1. The minimum atomic E-state index is -3.67. The fourth-order valence-electron chi connectivity index (χ4n) is 3.89. The molecular weight excluding hydrogens is 436 g/mol. The summed E-state index contributed by atoms with van der Waals surface area (Å²) in [6, 6.07) is 12.3. The van der Waals surface area contributed by atoms with Gasteiger partial charge in [0.25, 0.3) is 5.91 Å². The molecule has 3 rings (SSSR count). The highest BCUT2D eigenvalue weighted by Gasteiger charge is 2.31. The predicted octanol–water partition coefficient (Wildman–Crippen LogP) is 2.69. The van der Waals surface area contributed by atoms with E-state index >= 15 is 0 Å². The van der Waals surface area contributed by atoms with Gasteiger partial charge in [-0.15, -0.1) is 0 Å². The molecule has 0 aromatic heterocycles. The van der Waals surface area contributed by atoms with Crippen molar-refractivity contribution in [2.45, 2.75) is 36.6 Å². The van der Waals surface area contributed by atoms with Gasteiger partial charge in [0.05, 0.1) is 9.79 Å². The summed E-state index contributed by atoms with van der Waals surface area (Å²) in [6.45, 7) is 5.25. The Morgan fingerprint density at radius 1 is 0.968 bits per heavy atom. The van der Waals surface area contributed by atoms with Crippen LogP contribution in [0.2, 0.25) is 0 Å². The van der Waals surface area contributed by atoms with Crippen LogP contribution >= 0.6 is 0 Å². The summed E-state index contributed by atoms with van der Waals surface area (Å²) in [6.07, 6.45) is 2.13. The second-order valence-electron chi connectivity index (χ2n) is 8.39. The highest BCUT2D eigenvalue weighted by molar-refractivity contribution is 7.90. The van der Waals surface area contributed by atoms with Gasteiger partial charge in [-0.1, -0.05) is 32.0 Å². The molecule has 1 aliphatic rings. The largest absolute Gasteiger partial charge is 0.348 e. The monoisotopic (exact) mass is 464 g/mol. The quantitative estimate of drug-likeness (QED) is 0.708. The Balaban J connectivity index is 1.71. The first-order chi connectivity index (χ1) is 14.5. The molecule has 2 aromatic rings. The molecule has 0 aliphatic carbocycles. The molecule has 1 heterocycles. The number of carbonyl (C=O) groups is 1. The SMILES string of the molecule is CC1CC(C)CN(S(=O)(=O)c2cccc(C(=O)NCc3ccc(S(C)(=O)=O)cc3)c2)C1. The average molecular weight is 465 g/mol. The molecular formula is C22H28N2O5S2. The highest BCUT2D eigenvalue weighted by Crippen LogP contribution is 2.27. The molecule has 0 bridgehead atoms. The molecule has 1 amide bonds. The van der Waals surface area contributed by atoms with Crippen LogP contribution in [0, 0.1) is 11.8 Å². The van der Waals surface area contributed by atoms with Gasteiger partial charge in [0.2, 0.25) is 10.0 Å². The number of hydrogen-bond acceptors (Lipinski definition) is 5. The molecule has 1 N–H and O–H groups in total. The lowest BCUT2D eigenvalue weighted by Gasteiger charge is -2.34. The zero-order valence-corrected chi connectivity index (χ0v) is 19.5. The molecule has 1 saturated heterocycles. The molecule has 2 atom stereocenters. The molecule has 0 spiro atoms. The maximum atomic E-state index is 13.1. The molecule has 1 fully saturated rings.